The number of hydrogen-bond acceptors (Lipinski definition) is 6. The Morgan fingerprint density at radius 3 is 3.03 bits per heavy atom. The Balaban J connectivity index is 1.38. The molecule has 0 saturated heterocycles. The van der Waals surface area contributed by atoms with Gasteiger partial charge in [-0.05, 0) is 54.4 Å². The molecular formula is C25H19FN6S. The van der Waals surface area contributed by atoms with E-state index in [0.717, 1.165) is 57.6 Å². The van der Waals surface area contributed by atoms with E-state index in [4.69, 9.17) is 0 Å². The second kappa shape index (κ2) is 7.96. The van der Waals surface area contributed by atoms with Gasteiger partial charge in [-0.2, -0.15) is 10.4 Å². The van der Waals surface area contributed by atoms with Gasteiger partial charge in [-0.25, -0.2) is 9.37 Å². The molecule has 0 amide bonds. The normalized spacial score (nSPS) is 13.2. The third kappa shape index (κ3) is 3.52. The van der Waals surface area contributed by atoms with Gasteiger partial charge in [-0.15, -0.1) is 11.3 Å². The summed E-state index contributed by atoms with van der Waals surface area (Å²) in [6, 6.07) is 14.9. The van der Waals surface area contributed by atoms with Gasteiger partial charge in [0.05, 0.1) is 29.5 Å². The van der Waals surface area contributed by atoms with Gasteiger partial charge in [-0.1, -0.05) is 12.1 Å². The highest BCUT2D eigenvalue weighted by molar-refractivity contribution is 7.19. The van der Waals surface area contributed by atoms with Gasteiger partial charge in [0, 0.05) is 34.1 Å². The van der Waals surface area contributed by atoms with Crippen LogP contribution in [0.15, 0.2) is 54.9 Å². The number of anilines is 2. The summed E-state index contributed by atoms with van der Waals surface area (Å²) in [5.41, 5.74) is 5.33. The summed E-state index contributed by atoms with van der Waals surface area (Å²) < 4.78 is 15.4. The van der Waals surface area contributed by atoms with Gasteiger partial charge in [-0.3, -0.25) is 4.68 Å². The fourth-order valence-electron chi connectivity index (χ4n) is 4.45. The van der Waals surface area contributed by atoms with Crippen molar-refractivity contribution in [3.63, 3.8) is 0 Å². The summed E-state index contributed by atoms with van der Waals surface area (Å²) in [6.07, 6.45) is 4.38. The molecule has 1 aliphatic heterocycles. The number of aromatic nitrogens is 3. The van der Waals surface area contributed by atoms with Crippen LogP contribution in [0.2, 0.25) is 0 Å². The Morgan fingerprint density at radius 1 is 1.21 bits per heavy atom. The smallest absolute Gasteiger partial charge is 0.126 e. The summed E-state index contributed by atoms with van der Waals surface area (Å²) in [6.45, 7) is 2.26. The van der Waals surface area contributed by atoms with Crippen LogP contribution < -0.4 is 10.6 Å². The van der Waals surface area contributed by atoms with Gasteiger partial charge >= 0.3 is 0 Å². The van der Waals surface area contributed by atoms with Crippen LogP contribution in [0.3, 0.4) is 0 Å². The van der Waals surface area contributed by atoms with Crippen LogP contribution in [0, 0.1) is 17.1 Å². The number of benzene rings is 2. The molecule has 2 aromatic carbocycles. The summed E-state index contributed by atoms with van der Waals surface area (Å²) in [4.78, 5) is 6.79. The average molecular weight is 455 g/mol. The molecule has 0 radical (unpaired) electrons. The first-order valence-electron chi connectivity index (χ1n) is 10.7. The number of thiophene rings is 1. The molecular weight excluding hydrogens is 435 g/mol. The van der Waals surface area contributed by atoms with E-state index in [1.807, 2.05) is 35.1 Å². The van der Waals surface area contributed by atoms with Crippen molar-refractivity contribution in [2.24, 2.45) is 0 Å². The fourth-order valence-corrected chi connectivity index (χ4v) is 5.62. The molecule has 0 spiro atoms. The zero-order valence-electron chi connectivity index (χ0n) is 17.6. The Labute approximate surface area is 193 Å². The highest BCUT2D eigenvalue weighted by atomic mass is 32.1. The lowest BCUT2D eigenvalue weighted by Gasteiger charge is -2.15. The maximum atomic E-state index is 13.6. The molecule has 4 heterocycles. The van der Waals surface area contributed by atoms with Gasteiger partial charge < -0.3 is 10.6 Å². The lowest BCUT2D eigenvalue weighted by atomic mass is 10.0. The van der Waals surface area contributed by atoms with Crippen LogP contribution >= 0.6 is 11.3 Å². The van der Waals surface area contributed by atoms with Gasteiger partial charge in [0.25, 0.3) is 0 Å². The van der Waals surface area contributed by atoms with E-state index in [9.17, 15) is 9.65 Å². The molecule has 1 aliphatic rings. The van der Waals surface area contributed by atoms with Gasteiger partial charge in [0.15, 0.2) is 0 Å². The first-order valence-corrected chi connectivity index (χ1v) is 11.5. The topological polar surface area (TPSA) is 78.6 Å². The Morgan fingerprint density at radius 2 is 2.15 bits per heavy atom. The standard InChI is InChI=1S/C25H19FN6S/c26-18-3-1-2-15(8-18)14-32-21-5-4-19(9-16(21)12-30-32)31-24-17(10-27)11-29-25-23(24)20-6-7-28-13-22(20)33-25/h1-5,8-9,11-12,28H,6-7,13-14H2,(H,29,31). The number of hydrogen-bond donors (Lipinski definition) is 2. The highest BCUT2D eigenvalue weighted by Crippen LogP contribution is 2.39. The fraction of sp³-hybridized carbons (Fsp3) is 0.160. The molecule has 162 valence electrons. The molecule has 0 unspecified atom stereocenters. The second-order valence-electron chi connectivity index (χ2n) is 8.10. The monoisotopic (exact) mass is 454 g/mol. The van der Waals surface area contributed by atoms with Crippen molar-refractivity contribution in [1.29, 1.82) is 5.26 Å². The highest BCUT2D eigenvalue weighted by Gasteiger charge is 2.21. The lowest BCUT2D eigenvalue weighted by Crippen LogP contribution is -2.22. The molecule has 0 saturated carbocycles. The lowest BCUT2D eigenvalue weighted by molar-refractivity contribution is 0.621. The van der Waals surface area contributed by atoms with E-state index < -0.39 is 0 Å². The number of fused-ring (bicyclic) bond motifs is 4. The first-order chi connectivity index (χ1) is 16.2. The molecule has 6 rings (SSSR count). The van der Waals surface area contributed by atoms with Crippen LogP contribution in [0.25, 0.3) is 21.1 Å². The predicted octanol–water partition coefficient (Wildman–Crippen LogP) is 5.09. The van der Waals surface area contributed by atoms with E-state index in [2.05, 4.69) is 26.8 Å². The van der Waals surface area contributed by atoms with E-state index >= 15 is 0 Å². The van der Waals surface area contributed by atoms with Crippen molar-refractivity contribution in [3.8, 4) is 6.07 Å². The third-order valence-electron chi connectivity index (χ3n) is 5.99. The Kier molecular flexibility index (Phi) is 4.79. The van der Waals surface area contributed by atoms with Crippen LogP contribution in [0.5, 0.6) is 0 Å². The molecule has 0 bridgehead atoms. The molecule has 6 nitrogen and oxygen atoms in total. The summed E-state index contributed by atoms with van der Waals surface area (Å²) in [5, 5.41) is 23.2. The Bertz CT molecular complexity index is 1560. The molecule has 0 atom stereocenters. The van der Waals surface area contributed by atoms with Crippen LogP contribution in [0.1, 0.15) is 21.6 Å². The van der Waals surface area contributed by atoms with Crippen molar-refractivity contribution in [2.75, 3.05) is 11.9 Å². The van der Waals surface area contributed by atoms with Crippen molar-refractivity contribution in [3.05, 3.63) is 82.2 Å². The molecule has 2 N–H and O–H groups in total. The minimum Gasteiger partial charge on any atom is -0.354 e. The van der Waals surface area contributed by atoms with Gasteiger partial charge in [0.2, 0.25) is 0 Å². The van der Waals surface area contributed by atoms with E-state index in [1.54, 1.807) is 23.6 Å². The number of nitrogens with zero attached hydrogens (tertiary/aromatic N) is 4. The van der Waals surface area contributed by atoms with Crippen molar-refractivity contribution < 1.29 is 4.39 Å². The first kappa shape index (κ1) is 19.9. The Hall–Kier alpha value is -3.80. The zero-order chi connectivity index (χ0) is 22.4. The molecule has 33 heavy (non-hydrogen) atoms. The largest absolute Gasteiger partial charge is 0.354 e. The number of rotatable bonds is 4. The quantitative estimate of drug-likeness (QED) is 0.395. The minimum absolute atomic E-state index is 0.251. The predicted molar refractivity (Wildman–Crippen MR) is 128 cm³/mol. The second-order valence-corrected chi connectivity index (χ2v) is 9.18. The van der Waals surface area contributed by atoms with Crippen LogP contribution in [-0.2, 0) is 19.5 Å². The number of nitrogens with one attached hydrogen (secondary N) is 2. The molecule has 0 fully saturated rings. The van der Waals surface area contributed by atoms with Gasteiger partial charge in [0.1, 0.15) is 16.7 Å². The number of nitriles is 1. The molecule has 0 aliphatic carbocycles. The maximum Gasteiger partial charge on any atom is 0.126 e. The zero-order valence-corrected chi connectivity index (χ0v) is 18.4. The average Bonchev–Trinajstić information content (AvgIpc) is 3.40. The molecule has 5 aromatic rings. The molecule has 8 heteroatoms. The van der Waals surface area contributed by atoms with Crippen LogP contribution in [-0.4, -0.2) is 21.3 Å². The SMILES string of the molecule is N#Cc1cnc2sc3c(c2c1Nc1ccc2c(cnn2Cc2cccc(F)c2)c1)CCNC3. The number of pyridine rings is 1. The third-order valence-corrected chi connectivity index (χ3v) is 7.13. The summed E-state index contributed by atoms with van der Waals surface area (Å²) in [7, 11) is 0. The van der Waals surface area contributed by atoms with Crippen LogP contribution in [0.4, 0.5) is 15.8 Å². The van der Waals surface area contributed by atoms with E-state index in [-0.39, 0.29) is 5.82 Å². The van der Waals surface area contributed by atoms with Crippen molar-refractivity contribution in [2.45, 2.75) is 19.5 Å². The van der Waals surface area contributed by atoms with E-state index in [0.29, 0.717) is 12.1 Å². The molecule has 3 aromatic heterocycles. The minimum atomic E-state index is -0.251. The maximum absolute atomic E-state index is 13.6. The van der Waals surface area contributed by atoms with Crippen molar-refractivity contribution >= 4 is 43.8 Å². The summed E-state index contributed by atoms with van der Waals surface area (Å²) >= 11 is 1.69. The van der Waals surface area contributed by atoms with Crippen molar-refractivity contribution in [1.82, 2.24) is 20.1 Å². The number of halogens is 1. The summed E-state index contributed by atoms with van der Waals surface area (Å²) in [5.74, 6) is -0.251. The van der Waals surface area contributed by atoms with E-state index in [1.165, 1.54) is 22.6 Å².